The number of hydrogen-bond acceptors (Lipinski definition) is 2. The molecule has 3 heteroatoms. The van der Waals surface area contributed by atoms with Crippen molar-refractivity contribution < 1.29 is 4.79 Å². The molecule has 0 spiro atoms. The highest BCUT2D eigenvalue weighted by molar-refractivity contribution is 7.08. The number of amides is 1. The van der Waals surface area contributed by atoms with Crippen LogP contribution in [0.25, 0.3) is 0 Å². The summed E-state index contributed by atoms with van der Waals surface area (Å²) in [7, 11) is 0. The maximum Gasteiger partial charge on any atom is 0.256 e. The van der Waals surface area contributed by atoms with Gasteiger partial charge < -0.3 is 5.32 Å². The summed E-state index contributed by atoms with van der Waals surface area (Å²) in [6, 6.07) is 20.0. The molecule has 2 nitrogen and oxygen atoms in total. The van der Waals surface area contributed by atoms with Crippen molar-refractivity contribution in [2.75, 3.05) is 5.32 Å². The summed E-state index contributed by atoms with van der Waals surface area (Å²) in [5.74, 6) is -0.0586. The maximum atomic E-state index is 12.2. The molecular formula is C18H15NOS. The Morgan fingerprint density at radius 3 is 2.48 bits per heavy atom. The summed E-state index contributed by atoms with van der Waals surface area (Å²) in [5.41, 5.74) is 3.93. The minimum Gasteiger partial charge on any atom is -0.322 e. The topological polar surface area (TPSA) is 29.1 Å². The van der Waals surface area contributed by atoms with Crippen molar-refractivity contribution in [1.29, 1.82) is 0 Å². The second-order valence-electron chi connectivity index (χ2n) is 4.79. The number of para-hydroxylation sites is 1. The lowest BCUT2D eigenvalue weighted by Crippen LogP contribution is -2.12. The van der Waals surface area contributed by atoms with E-state index in [1.165, 1.54) is 16.9 Å². The summed E-state index contributed by atoms with van der Waals surface area (Å²) in [6.07, 6.45) is 0.806. The number of carbonyl (C=O) groups excluding carboxylic acids is 1. The van der Waals surface area contributed by atoms with Crippen molar-refractivity contribution in [3.05, 3.63) is 88.1 Å². The number of anilines is 1. The van der Waals surface area contributed by atoms with Gasteiger partial charge in [-0.15, -0.1) is 0 Å². The standard InChI is InChI=1S/C18H15NOS/c20-18(16-10-11-21-13-16)19-17-9-5-4-8-15(17)12-14-6-2-1-3-7-14/h1-11,13H,12H2,(H,19,20). The van der Waals surface area contributed by atoms with Gasteiger partial charge in [-0.05, 0) is 35.1 Å². The second-order valence-corrected chi connectivity index (χ2v) is 5.57. The Balaban J connectivity index is 1.81. The number of carbonyl (C=O) groups is 1. The highest BCUT2D eigenvalue weighted by atomic mass is 32.1. The third-order valence-electron chi connectivity index (χ3n) is 3.29. The number of rotatable bonds is 4. The smallest absolute Gasteiger partial charge is 0.256 e. The number of hydrogen-bond donors (Lipinski definition) is 1. The molecule has 104 valence electrons. The summed E-state index contributed by atoms with van der Waals surface area (Å²) in [6.45, 7) is 0. The van der Waals surface area contributed by atoms with E-state index < -0.39 is 0 Å². The normalized spacial score (nSPS) is 10.3. The van der Waals surface area contributed by atoms with Gasteiger partial charge in [0.1, 0.15) is 0 Å². The Bertz CT molecular complexity index is 720. The molecule has 1 aromatic heterocycles. The second kappa shape index (κ2) is 6.37. The molecule has 0 saturated carbocycles. The lowest BCUT2D eigenvalue weighted by Gasteiger charge is -2.10. The molecule has 0 atom stereocenters. The van der Waals surface area contributed by atoms with E-state index in [9.17, 15) is 4.79 Å². The third-order valence-corrected chi connectivity index (χ3v) is 3.97. The number of nitrogens with one attached hydrogen (secondary N) is 1. The average molecular weight is 293 g/mol. The fourth-order valence-corrected chi connectivity index (χ4v) is 2.84. The molecule has 0 bridgehead atoms. The van der Waals surface area contributed by atoms with Gasteiger partial charge in [0.05, 0.1) is 5.56 Å². The first-order valence-electron chi connectivity index (χ1n) is 6.78. The van der Waals surface area contributed by atoms with Gasteiger partial charge in [0, 0.05) is 11.1 Å². The van der Waals surface area contributed by atoms with Crippen LogP contribution in [0.4, 0.5) is 5.69 Å². The third kappa shape index (κ3) is 3.38. The van der Waals surface area contributed by atoms with Crippen molar-refractivity contribution in [2.24, 2.45) is 0 Å². The lowest BCUT2D eigenvalue weighted by atomic mass is 10.0. The zero-order valence-corrected chi connectivity index (χ0v) is 12.3. The zero-order valence-electron chi connectivity index (χ0n) is 11.5. The summed E-state index contributed by atoms with van der Waals surface area (Å²) in [4.78, 5) is 12.2. The minimum atomic E-state index is -0.0586. The van der Waals surface area contributed by atoms with Crippen molar-refractivity contribution in [3.8, 4) is 0 Å². The van der Waals surface area contributed by atoms with Crippen LogP contribution in [0.15, 0.2) is 71.4 Å². The first-order chi connectivity index (χ1) is 10.3. The van der Waals surface area contributed by atoms with E-state index in [1.54, 1.807) is 0 Å². The van der Waals surface area contributed by atoms with Gasteiger partial charge in [-0.1, -0.05) is 48.5 Å². The van der Waals surface area contributed by atoms with Gasteiger partial charge in [0.15, 0.2) is 0 Å². The molecule has 0 unspecified atom stereocenters. The van der Waals surface area contributed by atoms with Gasteiger partial charge >= 0.3 is 0 Å². The van der Waals surface area contributed by atoms with Crippen LogP contribution in [0.2, 0.25) is 0 Å². The van der Waals surface area contributed by atoms with E-state index in [2.05, 4.69) is 23.5 Å². The number of thiophene rings is 1. The van der Waals surface area contributed by atoms with Gasteiger partial charge in [0.25, 0.3) is 5.91 Å². The summed E-state index contributed by atoms with van der Waals surface area (Å²) < 4.78 is 0. The molecule has 1 heterocycles. The zero-order chi connectivity index (χ0) is 14.5. The van der Waals surface area contributed by atoms with Crippen LogP contribution < -0.4 is 5.32 Å². The molecule has 0 aliphatic carbocycles. The van der Waals surface area contributed by atoms with Gasteiger partial charge in [-0.3, -0.25) is 4.79 Å². The molecule has 3 aromatic rings. The Morgan fingerprint density at radius 2 is 1.71 bits per heavy atom. The van der Waals surface area contributed by atoms with E-state index >= 15 is 0 Å². The van der Waals surface area contributed by atoms with Crippen LogP contribution in [-0.2, 0) is 6.42 Å². The van der Waals surface area contributed by atoms with Crippen molar-refractivity contribution in [3.63, 3.8) is 0 Å². The summed E-state index contributed by atoms with van der Waals surface area (Å²) in [5, 5.41) is 6.76. The van der Waals surface area contributed by atoms with Gasteiger partial charge in [-0.2, -0.15) is 11.3 Å². The van der Waals surface area contributed by atoms with Crippen LogP contribution in [0, 0.1) is 0 Å². The highest BCUT2D eigenvalue weighted by Gasteiger charge is 2.09. The van der Waals surface area contributed by atoms with E-state index in [4.69, 9.17) is 0 Å². The van der Waals surface area contributed by atoms with E-state index in [1.807, 2.05) is 53.2 Å². The lowest BCUT2D eigenvalue weighted by molar-refractivity contribution is 0.102. The summed E-state index contributed by atoms with van der Waals surface area (Å²) >= 11 is 1.52. The molecule has 1 amide bonds. The molecule has 1 N–H and O–H groups in total. The van der Waals surface area contributed by atoms with Crippen molar-refractivity contribution in [2.45, 2.75) is 6.42 Å². The molecule has 0 aliphatic rings. The van der Waals surface area contributed by atoms with Crippen LogP contribution in [-0.4, -0.2) is 5.91 Å². The van der Waals surface area contributed by atoms with E-state index in [0.29, 0.717) is 5.56 Å². The molecular weight excluding hydrogens is 278 g/mol. The minimum absolute atomic E-state index is 0.0586. The predicted molar refractivity (Wildman–Crippen MR) is 88.0 cm³/mol. The van der Waals surface area contributed by atoms with Gasteiger partial charge in [0.2, 0.25) is 0 Å². The number of benzene rings is 2. The Hall–Kier alpha value is -2.39. The SMILES string of the molecule is O=C(Nc1ccccc1Cc1ccccc1)c1ccsc1. The quantitative estimate of drug-likeness (QED) is 0.749. The van der Waals surface area contributed by atoms with Gasteiger partial charge in [-0.25, -0.2) is 0 Å². The molecule has 0 saturated heterocycles. The van der Waals surface area contributed by atoms with Crippen LogP contribution in [0.5, 0.6) is 0 Å². The van der Waals surface area contributed by atoms with Crippen LogP contribution >= 0.6 is 11.3 Å². The molecule has 2 aromatic carbocycles. The van der Waals surface area contributed by atoms with Crippen LogP contribution in [0.3, 0.4) is 0 Å². The molecule has 3 rings (SSSR count). The Labute approximate surface area is 128 Å². The fourth-order valence-electron chi connectivity index (χ4n) is 2.20. The molecule has 0 aliphatic heterocycles. The van der Waals surface area contributed by atoms with Crippen molar-refractivity contribution in [1.82, 2.24) is 0 Å². The molecule has 0 radical (unpaired) electrons. The van der Waals surface area contributed by atoms with Crippen molar-refractivity contribution >= 4 is 22.9 Å². The average Bonchev–Trinajstić information content (AvgIpc) is 3.05. The molecule has 0 fully saturated rings. The predicted octanol–water partition coefficient (Wildman–Crippen LogP) is 4.59. The fraction of sp³-hybridized carbons (Fsp3) is 0.0556. The Morgan fingerprint density at radius 1 is 0.952 bits per heavy atom. The Kier molecular flexibility index (Phi) is 4.12. The van der Waals surface area contributed by atoms with E-state index in [0.717, 1.165) is 17.7 Å². The first kappa shape index (κ1) is 13.6. The maximum absolute atomic E-state index is 12.2. The van der Waals surface area contributed by atoms with Crippen LogP contribution in [0.1, 0.15) is 21.5 Å². The largest absolute Gasteiger partial charge is 0.322 e. The monoisotopic (exact) mass is 293 g/mol. The first-order valence-corrected chi connectivity index (χ1v) is 7.72. The van der Waals surface area contributed by atoms with E-state index in [-0.39, 0.29) is 5.91 Å². The molecule has 21 heavy (non-hydrogen) atoms. The highest BCUT2D eigenvalue weighted by Crippen LogP contribution is 2.20.